The van der Waals surface area contributed by atoms with Crippen molar-refractivity contribution in [1.82, 2.24) is 9.80 Å². The van der Waals surface area contributed by atoms with Crippen LogP contribution in [0.4, 0.5) is 0 Å². The summed E-state index contributed by atoms with van der Waals surface area (Å²) in [5, 5.41) is 0. The van der Waals surface area contributed by atoms with Gasteiger partial charge in [0.15, 0.2) is 0 Å². The number of hydrogen-bond donors (Lipinski definition) is 0. The summed E-state index contributed by atoms with van der Waals surface area (Å²) in [6.45, 7) is 4.53. The van der Waals surface area contributed by atoms with Crippen molar-refractivity contribution in [1.29, 1.82) is 0 Å². The Labute approximate surface area is 98.9 Å². The monoisotopic (exact) mass is 218 g/mol. The molecule has 2 aliphatic rings. The quantitative estimate of drug-likeness (QED) is 0.715. The minimum atomic E-state index is 0.617. The van der Waals surface area contributed by atoms with Gasteiger partial charge >= 0.3 is 0 Å². The van der Waals surface area contributed by atoms with Gasteiger partial charge in [-0.05, 0) is 58.3 Å². The Morgan fingerprint density at radius 2 is 2.25 bits per heavy atom. The van der Waals surface area contributed by atoms with Crippen molar-refractivity contribution in [2.24, 2.45) is 0 Å². The Morgan fingerprint density at radius 3 is 3.00 bits per heavy atom. The fourth-order valence-corrected chi connectivity index (χ4v) is 2.42. The summed E-state index contributed by atoms with van der Waals surface area (Å²) in [6, 6.07) is 0.617. The third-order valence-electron chi connectivity index (χ3n) is 3.32. The summed E-state index contributed by atoms with van der Waals surface area (Å²) in [7, 11) is 4.27. The SMILES string of the molecule is CC1=CCC2C(=C1)C=CN2CCCN(C)C. The van der Waals surface area contributed by atoms with E-state index in [0.717, 1.165) is 0 Å². The maximum atomic E-state index is 2.48. The first-order chi connectivity index (χ1) is 7.66. The van der Waals surface area contributed by atoms with E-state index in [1.54, 1.807) is 0 Å². The van der Waals surface area contributed by atoms with Gasteiger partial charge in [-0.1, -0.05) is 17.7 Å². The lowest BCUT2D eigenvalue weighted by molar-refractivity contribution is 0.296. The Morgan fingerprint density at radius 1 is 1.44 bits per heavy atom. The normalized spacial score (nSPS) is 23.5. The molecule has 0 radical (unpaired) electrons. The zero-order chi connectivity index (χ0) is 11.5. The first-order valence-electron chi connectivity index (χ1n) is 6.14. The van der Waals surface area contributed by atoms with Crippen LogP contribution in [0.2, 0.25) is 0 Å². The van der Waals surface area contributed by atoms with Crippen LogP contribution in [0.3, 0.4) is 0 Å². The molecule has 0 aromatic rings. The fraction of sp³-hybridized carbons (Fsp3) is 0.571. The van der Waals surface area contributed by atoms with Gasteiger partial charge in [0.05, 0.1) is 6.04 Å². The van der Waals surface area contributed by atoms with Gasteiger partial charge in [0, 0.05) is 6.54 Å². The molecular weight excluding hydrogens is 196 g/mol. The van der Waals surface area contributed by atoms with E-state index < -0.39 is 0 Å². The van der Waals surface area contributed by atoms with Gasteiger partial charge in [0.2, 0.25) is 0 Å². The highest BCUT2D eigenvalue weighted by Gasteiger charge is 2.24. The smallest absolute Gasteiger partial charge is 0.0572 e. The molecule has 1 aliphatic carbocycles. The average molecular weight is 218 g/mol. The van der Waals surface area contributed by atoms with Crippen LogP contribution in [-0.4, -0.2) is 43.0 Å². The molecule has 2 heteroatoms. The highest BCUT2D eigenvalue weighted by atomic mass is 15.2. The minimum absolute atomic E-state index is 0.617. The summed E-state index contributed by atoms with van der Waals surface area (Å²) in [6.07, 6.45) is 11.6. The lowest BCUT2D eigenvalue weighted by Crippen LogP contribution is -2.31. The molecule has 1 heterocycles. The first-order valence-corrected chi connectivity index (χ1v) is 6.14. The number of allylic oxidation sites excluding steroid dienone is 2. The maximum absolute atomic E-state index is 2.48. The van der Waals surface area contributed by atoms with Crippen LogP contribution in [0.25, 0.3) is 0 Å². The summed E-state index contributed by atoms with van der Waals surface area (Å²) in [5.74, 6) is 0. The molecule has 0 amide bonds. The average Bonchev–Trinajstić information content (AvgIpc) is 2.60. The zero-order valence-electron chi connectivity index (χ0n) is 10.6. The van der Waals surface area contributed by atoms with Gasteiger partial charge in [-0.15, -0.1) is 0 Å². The predicted molar refractivity (Wildman–Crippen MR) is 69.3 cm³/mol. The van der Waals surface area contributed by atoms with E-state index in [1.807, 2.05) is 0 Å². The summed E-state index contributed by atoms with van der Waals surface area (Å²) in [4.78, 5) is 4.74. The second-order valence-electron chi connectivity index (χ2n) is 5.05. The van der Waals surface area contributed by atoms with E-state index in [1.165, 1.54) is 37.1 Å². The van der Waals surface area contributed by atoms with Crippen LogP contribution in [-0.2, 0) is 0 Å². The molecule has 2 rings (SSSR count). The molecule has 0 saturated carbocycles. The molecule has 1 aliphatic heterocycles. The molecule has 0 aromatic heterocycles. The molecule has 2 nitrogen and oxygen atoms in total. The molecule has 0 spiro atoms. The van der Waals surface area contributed by atoms with Gasteiger partial charge in [0.25, 0.3) is 0 Å². The minimum Gasteiger partial charge on any atom is -0.370 e. The van der Waals surface area contributed by atoms with Gasteiger partial charge in [-0.25, -0.2) is 0 Å². The standard InChI is InChI=1S/C14H22N2/c1-12-5-6-14-13(11-12)7-10-16(14)9-4-8-15(2)3/h5,7,10-11,14H,4,6,8-9H2,1-3H3. The lowest BCUT2D eigenvalue weighted by Gasteiger charge is -2.28. The molecule has 0 saturated heterocycles. The lowest BCUT2D eigenvalue weighted by atomic mass is 9.96. The van der Waals surface area contributed by atoms with E-state index in [-0.39, 0.29) is 0 Å². The second kappa shape index (κ2) is 4.88. The van der Waals surface area contributed by atoms with E-state index in [0.29, 0.717) is 6.04 Å². The summed E-state index contributed by atoms with van der Waals surface area (Å²) < 4.78 is 0. The predicted octanol–water partition coefficient (Wildman–Crippen LogP) is 2.41. The number of rotatable bonds is 4. The van der Waals surface area contributed by atoms with Crippen molar-refractivity contribution in [2.45, 2.75) is 25.8 Å². The van der Waals surface area contributed by atoms with Crippen molar-refractivity contribution < 1.29 is 0 Å². The molecule has 16 heavy (non-hydrogen) atoms. The van der Waals surface area contributed by atoms with Crippen LogP contribution >= 0.6 is 0 Å². The van der Waals surface area contributed by atoms with Crippen molar-refractivity contribution in [3.63, 3.8) is 0 Å². The van der Waals surface area contributed by atoms with Crippen LogP contribution < -0.4 is 0 Å². The maximum Gasteiger partial charge on any atom is 0.0572 e. The van der Waals surface area contributed by atoms with Gasteiger partial charge < -0.3 is 9.80 Å². The van der Waals surface area contributed by atoms with E-state index >= 15 is 0 Å². The molecular formula is C14H22N2. The zero-order valence-corrected chi connectivity index (χ0v) is 10.6. The third-order valence-corrected chi connectivity index (χ3v) is 3.32. The van der Waals surface area contributed by atoms with E-state index in [2.05, 4.69) is 55.2 Å². The second-order valence-corrected chi connectivity index (χ2v) is 5.05. The molecule has 0 fully saturated rings. The topological polar surface area (TPSA) is 6.48 Å². The summed E-state index contributed by atoms with van der Waals surface area (Å²) >= 11 is 0. The van der Waals surface area contributed by atoms with Crippen LogP contribution in [0.1, 0.15) is 19.8 Å². The van der Waals surface area contributed by atoms with Crippen molar-refractivity contribution >= 4 is 0 Å². The highest BCUT2D eigenvalue weighted by Crippen LogP contribution is 2.28. The molecule has 0 aromatic carbocycles. The van der Waals surface area contributed by atoms with Crippen LogP contribution in [0, 0.1) is 0 Å². The number of nitrogens with zero attached hydrogens (tertiary/aromatic N) is 2. The van der Waals surface area contributed by atoms with Gasteiger partial charge in [-0.2, -0.15) is 0 Å². The van der Waals surface area contributed by atoms with Crippen molar-refractivity contribution in [2.75, 3.05) is 27.2 Å². The largest absolute Gasteiger partial charge is 0.370 e. The Hall–Kier alpha value is -1.02. The van der Waals surface area contributed by atoms with E-state index in [4.69, 9.17) is 0 Å². The fourth-order valence-electron chi connectivity index (χ4n) is 2.42. The first kappa shape index (κ1) is 11.5. The molecule has 1 unspecified atom stereocenters. The Kier molecular flexibility index (Phi) is 3.49. The molecule has 0 bridgehead atoms. The van der Waals surface area contributed by atoms with Gasteiger partial charge in [-0.3, -0.25) is 0 Å². The molecule has 1 atom stereocenters. The van der Waals surface area contributed by atoms with Crippen molar-refractivity contribution in [3.05, 3.63) is 35.6 Å². The summed E-state index contributed by atoms with van der Waals surface area (Å²) in [5.41, 5.74) is 2.90. The Balaban J connectivity index is 1.87. The molecule has 88 valence electrons. The highest BCUT2D eigenvalue weighted by molar-refractivity contribution is 5.40. The van der Waals surface area contributed by atoms with E-state index in [9.17, 15) is 0 Å². The number of hydrogen-bond acceptors (Lipinski definition) is 2. The van der Waals surface area contributed by atoms with Gasteiger partial charge in [0.1, 0.15) is 0 Å². The Bertz CT molecular complexity index is 337. The molecule has 0 N–H and O–H groups in total. The van der Waals surface area contributed by atoms with Crippen LogP contribution in [0.15, 0.2) is 35.6 Å². The number of fused-ring (bicyclic) bond motifs is 1. The van der Waals surface area contributed by atoms with Crippen LogP contribution in [0.5, 0.6) is 0 Å². The van der Waals surface area contributed by atoms with Crippen molar-refractivity contribution in [3.8, 4) is 0 Å². The third kappa shape index (κ3) is 2.56.